The number of benzene rings is 1. The third-order valence-corrected chi connectivity index (χ3v) is 4.28. The van der Waals surface area contributed by atoms with Crippen LogP contribution in [-0.2, 0) is 4.79 Å². The van der Waals surface area contributed by atoms with Gasteiger partial charge in [0.15, 0.2) is 0 Å². The van der Waals surface area contributed by atoms with E-state index in [1.54, 1.807) is 6.07 Å². The second-order valence-electron chi connectivity index (χ2n) is 5.92. The molecular formula is C17H24N2O4. The fraction of sp³-hybridized carbons (Fsp3) is 0.529. The highest BCUT2D eigenvalue weighted by Gasteiger charge is 2.48. The summed E-state index contributed by atoms with van der Waals surface area (Å²) in [6.45, 7) is 5.63. The molecule has 0 aliphatic carbocycles. The third kappa shape index (κ3) is 3.64. The Hall–Kier alpha value is -2.08. The van der Waals surface area contributed by atoms with Crippen molar-refractivity contribution in [1.82, 2.24) is 10.2 Å². The van der Waals surface area contributed by atoms with E-state index in [0.29, 0.717) is 18.6 Å². The highest BCUT2D eigenvalue weighted by molar-refractivity contribution is 6.07. The van der Waals surface area contributed by atoms with Gasteiger partial charge in [-0.15, -0.1) is 0 Å². The van der Waals surface area contributed by atoms with Crippen LogP contribution in [0.15, 0.2) is 24.3 Å². The average molecular weight is 320 g/mol. The molecular weight excluding hydrogens is 296 g/mol. The van der Waals surface area contributed by atoms with Crippen molar-refractivity contribution in [3.05, 3.63) is 29.8 Å². The SMILES string of the molecule is CCC1(CC)NC(=O)N(C[C@H](O)COc2cccc(C)c2)C1=O. The number of ether oxygens (including phenoxy) is 1. The third-order valence-electron chi connectivity index (χ3n) is 4.28. The van der Waals surface area contributed by atoms with E-state index in [-0.39, 0.29) is 19.1 Å². The summed E-state index contributed by atoms with van der Waals surface area (Å²) in [7, 11) is 0. The summed E-state index contributed by atoms with van der Waals surface area (Å²) in [5, 5.41) is 12.8. The van der Waals surface area contributed by atoms with Crippen molar-refractivity contribution in [3.8, 4) is 5.75 Å². The second kappa shape index (κ2) is 7.00. The topological polar surface area (TPSA) is 78.9 Å². The highest BCUT2D eigenvalue weighted by Crippen LogP contribution is 2.25. The monoisotopic (exact) mass is 320 g/mol. The smallest absolute Gasteiger partial charge is 0.325 e. The lowest BCUT2D eigenvalue weighted by Gasteiger charge is -2.24. The minimum atomic E-state index is -0.935. The molecule has 1 atom stereocenters. The Labute approximate surface area is 136 Å². The lowest BCUT2D eigenvalue weighted by atomic mass is 9.93. The molecule has 1 aliphatic heterocycles. The molecule has 1 aromatic carbocycles. The van der Waals surface area contributed by atoms with Crippen LogP contribution in [0.1, 0.15) is 32.3 Å². The zero-order chi connectivity index (χ0) is 17.0. The molecule has 1 fully saturated rings. The van der Waals surface area contributed by atoms with Crippen LogP contribution >= 0.6 is 0 Å². The van der Waals surface area contributed by atoms with Crippen molar-refractivity contribution < 1.29 is 19.4 Å². The normalized spacial score (nSPS) is 18.0. The molecule has 1 aliphatic rings. The van der Waals surface area contributed by atoms with E-state index in [1.807, 2.05) is 39.0 Å². The Bertz CT molecular complexity index is 584. The van der Waals surface area contributed by atoms with Crippen LogP contribution < -0.4 is 10.1 Å². The van der Waals surface area contributed by atoms with Gasteiger partial charge >= 0.3 is 6.03 Å². The van der Waals surface area contributed by atoms with Crippen LogP contribution in [0, 0.1) is 6.92 Å². The van der Waals surface area contributed by atoms with Crippen LogP contribution in [0.2, 0.25) is 0 Å². The number of nitrogens with zero attached hydrogens (tertiary/aromatic N) is 1. The van der Waals surface area contributed by atoms with E-state index in [2.05, 4.69) is 5.32 Å². The zero-order valence-electron chi connectivity index (χ0n) is 13.8. The van der Waals surface area contributed by atoms with Crippen molar-refractivity contribution in [2.75, 3.05) is 13.2 Å². The lowest BCUT2D eigenvalue weighted by Crippen LogP contribution is -2.46. The summed E-state index contributed by atoms with van der Waals surface area (Å²) < 4.78 is 5.51. The van der Waals surface area contributed by atoms with E-state index < -0.39 is 17.7 Å². The van der Waals surface area contributed by atoms with Gasteiger partial charge < -0.3 is 15.2 Å². The maximum absolute atomic E-state index is 12.4. The minimum absolute atomic E-state index is 0.0196. The van der Waals surface area contributed by atoms with E-state index in [9.17, 15) is 14.7 Å². The Morgan fingerprint density at radius 2 is 2.00 bits per heavy atom. The Morgan fingerprint density at radius 1 is 1.30 bits per heavy atom. The number of rotatable bonds is 7. The number of hydrogen-bond acceptors (Lipinski definition) is 4. The molecule has 23 heavy (non-hydrogen) atoms. The highest BCUT2D eigenvalue weighted by atomic mass is 16.5. The number of amides is 3. The second-order valence-corrected chi connectivity index (χ2v) is 5.92. The molecule has 0 saturated carbocycles. The predicted molar refractivity (Wildman–Crippen MR) is 86.2 cm³/mol. The van der Waals surface area contributed by atoms with Gasteiger partial charge in [0, 0.05) is 0 Å². The Kier molecular flexibility index (Phi) is 5.26. The predicted octanol–water partition coefficient (Wildman–Crippen LogP) is 1.85. The van der Waals surface area contributed by atoms with Crippen LogP contribution in [0.25, 0.3) is 0 Å². The maximum Gasteiger partial charge on any atom is 0.325 e. The van der Waals surface area contributed by atoms with Gasteiger partial charge in [-0.25, -0.2) is 4.79 Å². The number of nitrogens with one attached hydrogen (secondary N) is 1. The van der Waals surface area contributed by atoms with Gasteiger partial charge in [0.1, 0.15) is 24.0 Å². The molecule has 0 spiro atoms. The molecule has 2 rings (SSSR count). The van der Waals surface area contributed by atoms with Gasteiger partial charge in [-0.3, -0.25) is 9.69 Å². The molecule has 126 valence electrons. The zero-order valence-corrected chi connectivity index (χ0v) is 13.8. The van der Waals surface area contributed by atoms with Crippen molar-refractivity contribution in [3.63, 3.8) is 0 Å². The largest absolute Gasteiger partial charge is 0.491 e. The number of aryl methyl sites for hydroxylation is 1. The quantitative estimate of drug-likeness (QED) is 0.752. The van der Waals surface area contributed by atoms with Crippen LogP contribution in [0.3, 0.4) is 0 Å². The van der Waals surface area contributed by atoms with Gasteiger partial charge in [0.05, 0.1) is 6.54 Å². The molecule has 3 amide bonds. The number of aliphatic hydroxyl groups excluding tert-OH is 1. The van der Waals surface area contributed by atoms with E-state index in [0.717, 1.165) is 10.5 Å². The number of urea groups is 1. The van der Waals surface area contributed by atoms with E-state index >= 15 is 0 Å². The van der Waals surface area contributed by atoms with Gasteiger partial charge in [-0.1, -0.05) is 26.0 Å². The summed E-state index contributed by atoms with van der Waals surface area (Å²) >= 11 is 0. The first-order valence-corrected chi connectivity index (χ1v) is 7.93. The summed E-state index contributed by atoms with van der Waals surface area (Å²) in [5.74, 6) is 0.375. The standard InChI is InChI=1S/C17H24N2O4/c1-4-17(5-2)15(21)19(16(22)18-17)10-13(20)11-23-14-8-6-7-12(3)9-14/h6-9,13,20H,4-5,10-11H2,1-3H3,(H,18,22)/t13-/m0/s1. The number of aliphatic hydroxyl groups is 1. The molecule has 0 radical (unpaired) electrons. The summed E-state index contributed by atoms with van der Waals surface area (Å²) in [5.41, 5.74) is 0.218. The number of carbonyl (C=O) groups excluding carboxylic acids is 2. The van der Waals surface area contributed by atoms with Gasteiger partial charge in [0.2, 0.25) is 0 Å². The Balaban J connectivity index is 1.93. The van der Waals surface area contributed by atoms with Crippen LogP contribution in [0.4, 0.5) is 4.79 Å². The first-order valence-electron chi connectivity index (χ1n) is 7.93. The minimum Gasteiger partial charge on any atom is -0.491 e. The Morgan fingerprint density at radius 3 is 2.57 bits per heavy atom. The maximum atomic E-state index is 12.4. The van der Waals surface area contributed by atoms with Crippen molar-refractivity contribution >= 4 is 11.9 Å². The lowest BCUT2D eigenvalue weighted by molar-refractivity contribution is -0.132. The number of hydrogen-bond donors (Lipinski definition) is 2. The van der Waals surface area contributed by atoms with Crippen LogP contribution in [-0.4, -0.2) is 46.7 Å². The average Bonchev–Trinajstić information content (AvgIpc) is 2.78. The van der Waals surface area contributed by atoms with Gasteiger partial charge in [-0.2, -0.15) is 0 Å². The molecule has 6 heteroatoms. The number of β-amino-alcohol motifs (C(OH)–C–C–N with tert-alkyl or cyclic N) is 1. The molecule has 1 saturated heterocycles. The fourth-order valence-corrected chi connectivity index (χ4v) is 2.73. The first kappa shape index (κ1) is 17.3. The van der Waals surface area contributed by atoms with Crippen molar-refractivity contribution in [2.45, 2.75) is 45.3 Å². The molecule has 0 bridgehead atoms. The van der Waals surface area contributed by atoms with Gasteiger partial charge in [0.25, 0.3) is 5.91 Å². The van der Waals surface area contributed by atoms with E-state index in [1.165, 1.54) is 0 Å². The summed E-state index contributed by atoms with van der Waals surface area (Å²) in [6.07, 6.45) is 0.121. The first-order chi connectivity index (χ1) is 10.9. The molecule has 0 aromatic heterocycles. The number of imide groups is 1. The van der Waals surface area contributed by atoms with Crippen molar-refractivity contribution in [2.24, 2.45) is 0 Å². The number of carbonyl (C=O) groups is 2. The van der Waals surface area contributed by atoms with Crippen molar-refractivity contribution in [1.29, 1.82) is 0 Å². The molecule has 1 aromatic rings. The summed E-state index contributed by atoms with van der Waals surface area (Å²) in [6, 6.07) is 7.02. The molecule has 1 heterocycles. The molecule has 2 N–H and O–H groups in total. The molecule has 0 unspecified atom stereocenters. The summed E-state index contributed by atoms with van der Waals surface area (Å²) in [4.78, 5) is 25.5. The van der Waals surface area contributed by atoms with E-state index in [4.69, 9.17) is 4.74 Å². The fourth-order valence-electron chi connectivity index (χ4n) is 2.73. The molecule has 6 nitrogen and oxygen atoms in total. The van der Waals surface area contributed by atoms with Crippen LogP contribution in [0.5, 0.6) is 5.75 Å². The van der Waals surface area contributed by atoms with Gasteiger partial charge in [-0.05, 0) is 37.5 Å².